The second-order valence-electron chi connectivity index (χ2n) is 10.3. The number of halogens is 4. The van der Waals surface area contributed by atoms with Gasteiger partial charge in [0.15, 0.2) is 0 Å². The molecule has 0 aliphatic carbocycles. The van der Waals surface area contributed by atoms with Crippen LogP contribution in [-0.4, -0.2) is 15.6 Å². The Bertz CT molecular complexity index is 1430. The van der Waals surface area contributed by atoms with Gasteiger partial charge in [-0.05, 0) is 69.7 Å². The standard InChI is InChI=1S/C17H14Cl2O4.C15H16O2.CCl2O.2Na/c1-17(2,11-3-7-13(8-4-11)22-15(18)20)12-5-9-14(10-6-12)23-16(19)21;1-15(2,11-3-7-13(16)8-4-11)12-5-9-14(17)10-6-12;2-1(3)4;;/h3-10H,1-2H3;3-10,16-17H,1-2H3;;;/q;;;2*+1/p-2. The zero-order valence-electron chi connectivity index (χ0n) is 26.1. The van der Waals surface area contributed by atoms with E-state index < -0.39 is 15.6 Å². The van der Waals surface area contributed by atoms with E-state index in [-0.39, 0.29) is 81.4 Å². The summed E-state index contributed by atoms with van der Waals surface area (Å²) in [6.45, 7) is 8.26. The van der Waals surface area contributed by atoms with Crippen LogP contribution in [0, 0.1) is 0 Å². The first-order valence-corrected chi connectivity index (χ1v) is 14.4. The second-order valence-corrected chi connectivity index (χ2v) is 11.7. The third-order valence-electron chi connectivity index (χ3n) is 6.70. The van der Waals surface area contributed by atoms with Crippen LogP contribution in [0.5, 0.6) is 23.0 Å². The first-order valence-electron chi connectivity index (χ1n) is 12.9. The Balaban J connectivity index is 0.000000781. The average molecular weight is 724 g/mol. The fourth-order valence-corrected chi connectivity index (χ4v) is 4.32. The molecule has 0 aromatic heterocycles. The minimum absolute atomic E-state index is 0. The molecular formula is C33H28Cl4Na2O7. The predicted octanol–water partition coefficient (Wildman–Crippen LogP) is 3.24. The molecular weight excluding hydrogens is 696 g/mol. The van der Waals surface area contributed by atoms with E-state index in [1.54, 1.807) is 48.5 Å². The molecule has 0 bridgehead atoms. The van der Waals surface area contributed by atoms with Crippen LogP contribution in [0.3, 0.4) is 0 Å². The molecule has 0 radical (unpaired) electrons. The number of benzene rings is 4. The maximum atomic E-state index is 11.1. The number of carbonyl (C=O) groups is 3. The van der Waals surface area contributed by atoms with Crippen LogP contribution in [0.1, 0.15) is 49.9 Å². The summed E-state index contributed by atoms with van der Waals surface area (Å²) in [5.41, 5.74) is 1.92. The minimum Gasteiger partial charge on any atom is -0.872 e. The Morgan fingerprint density at radius 2 is 0.674 bits per heavy atom. The van der Waals surface area contributed by atoms with Crippen LogP contribution in [0.15, 0.2) is 97.1 Å². The molecule has 0 aliphatic rings. The van der Waals surface area contributed by atoms with E-state index in [1.807, 2.05) is 48.5 Å². The largest absolute Gasteiger partial charge is 1.00 e. The van der Waals surface area contributed by atoms with E-state index in [9.17, 15) is 19.8 Å². The van der Waals surface area contributed by atoms with Gasteiger partial charge in [0.2, 0.25) is 0 Å². The van der Waals surface area contributed by atoms with Crippen molar-refractivity contribution in [2.45, 2.75) is 38.5 Å². The van der Waals surface area contributed by atoms with Crippen LogP contribution in [0.4, 0.5) is 14.4 Å². The van der Waals surface area contributed by atoms with Crippen molar-refractivity contribution < 1.29 is 93.2 Å². The zero-order chi connectivity index (χ0) is 33.1. The Morgan fingerprint density at radius 3 is 0.870 bits per heavy atom. The van der Waals surface area contributed by atoms with Crippen molar-refractivity contribution in [2.75, 3.05) is 0 Å². The summed E-state index contributed by atoms with van der Waals surface area (Å²) in [7, 11) is 0. The van der Waals surface area contributed by atoms with Gasteiger partial charge in [0.1, 0.15) is 11.5 Å². The van der Waals surface area contributed by atoms with Crippen molar-refractivity contribution in [3.05, 3.63) is 119 Å². The van der Waals surface area contributed by atoms with Gasteiger partial charge in [-0.1, -0.05) is 100 Å². The Morgan fingerprint density at radius 1 is 0.478 bits per heavy atom. The molecule has 4 aromatic carbocycles. The van der Waals surface area contributed by atoms with Gasteiger partial charge in [0.25, 0.3) is 0 Å². The van der Waals surface area contributed by atoms with Gasteiger partial charge in [-0.3, -0.25) is 4.79 Å². The molecule has 0 N–H and O–H groups in total. The normalized spacial score (nSPS) is 10.3. The molecule has 13 heteroatoms. The van der Waals surface area contributed by atoms with Gasteiger partial charge in [-0.2, -0.15) is 0 Å². The van der Waals surface area contributed by atoms with E-state index in [0.717, 1.165) is 22.3 Å². The molecule has 0 aliphatic heterocycles. The SMILES string of the molecule is CC(C)(c1ccc(OC(=O)Cl)cc1)c1ccc(OC(=O)Cl)cc1.CC(C)(c1ccc([O-])cc1)c1ccc([O-])cc1.O=C(Cl)Cl.[Na+].[Na+]. The molecule has 0 saturated carbocycles. The quantitative estimate of drug-likeness (QED) is 0.222. The summed E-state index contributed by atoms with van der Waals surface area (Å²) < 4.78 is 8.72. The smallest absolute Gasteiger partial charge is 0.872 e. The van der Waals surface area contributed by atoms with Gasteiger partial charge in [-0.25, -0.2) is 9.59 Å². The van der Waals surface area contributed by atoms with Crippen LogP contribution in [0.25, 0.3) is 0 Å². The fourth-order valence-electron chi connectivity index (χ4n) is 4.14. The van der Waals surface area contributed by atoms with Gasteiger partial charge in [0.05, 0.1) is 0 Å². The van der Waals surface area contributed by atoms with Gasteiger partial charge >= 0.3 is 74.7 Å². The molecule has 0 amide bonds. The summed E-state index contributed by atoms with van der Waals surface area (Å²) in [4.78, 5) is 30.4. The summed E-state index contributed by atoms with van der Waals surface area (Å²) >= 11 is 19.2. The molecule has 4 rings (SSSR count). The zero-order valence-corrected chi connectivity index (χ0v) is 33.1. The van der Waals surface area contributed by atoms with Crippen LogP contribution in [-0.2, 0) is 10.8 Å². The van der Waals surface area contributed by atoms with Crippen LogP contribution < -0.4 is 78.8 Å². The molecule has 0 heterocycles. The van der Waals surface area contributed by atoms with Crippen LogP contribution >= 0.6 is 46.4 Å². The second kappa shape index (κ2) is 20.6. The molecule has 7 nitrogen and oxygen atoms in total. The molecule has 4 aromatic rings. The monoisotopic (exact) mass is 722 g/mol. The van der Waals surface area contributed by atoms with E-state index in [0.29, 0.717) is 11.5 Å². The van der Waals surface area contributed by atoms with Crippen molar-refractivity contribution in [1.82, 2.24) is 0 Å². The number of hydrogen-bond donors (Lipinski definition) is 0. The third kappa shape index (κ3) is 14.6. The topological polar surface area (TPSA) is 116 Å². The number of ether oxygens (including phenoxy) is 2. The molecule has 232 valence electrons. The van der Waals surface area contributed by atoms with Gasteiger partial charge in [-0.15, -0.1) is 11.5 Å². The average Bonchev–Trinajstić information content (AvgIpc) is 2.94. The molecule has 0 spiro atoms. The van der Waals surface area contributed by atoms with Crippen molar-refractivity contribution in [3.8, 4) is 23.0 Å². The predicted molar refractivity (Wildman–Crippen MR) is 170 cm³/mol. The Hall–Kier alpha value is -1.75. The molecule has 0 saturated heterocycles. The number of carbonyl (C=O) groups excluding carboxylic acids is 3. The van der Waals surface area contributed by atoms with E-state index in [1.165, 1.54) is 0 Å². The Labute approximate surface area is 332 Å². The summed E-state index contributed by atoms with van der Waals surface area (Å²) in [6.07, 6.45) is 0. The Kier molecular flexibility index (Phi) is 19.8. The summed E-state index contributed by atoms with van der Waals surface area (Å²) in [5, 5.41) is 22.2. The van der Waals surface area contributed by atoms with Crippen molar-refractivity contribution in [1.29, 1.82) is 0 Å². The summed E-state index contributed by atoms with van der Waals surface area (Å²) in [6, 6.07) is 27.8. The van der Waals surface area contributed by atoms with E-state index >= 15 is 0 Å². The number of rotatable bonds is 6. The van der Waals surface area contributed by atoms with Crippen LogP contribution in [0.2, 0.25) is 0 Å². The third-order valence-corrected chi connectivity index (χ3v) is 6.85. The maximum Gasteiger partial charge on any atom is 1.00 e. The fraction of sp³-hybridized carbons (Fsp3) is 0.182. The van der Waals surface area contributed by atoms with Gasteiger partial charge < -0.3 is 19.7 Å². The number of hydrogen-bond acceptors (Lipinski definition) is 7. The van der Waals surface area contributed by atoms with Gasteiger partial charge in [0, 0.05) is 34.0 Å². The maximum absolute atomic E-state index is 11.1. The van der Waals surface area contributed by atoms with Crippen molar-refractivity contribution >= 4 is 62.0 Å². The first-order chi connectivity index (χ1) is 20.5. The summed E-state index contributed by atoms with van der Waals surface area (Å²) in [5.74, 6) is 0.793. The molecule has 46 heavy (non-hydrogen) atoms. The van der Waals surface area contributed by atoms with Crippen molar-refractivity contribution in [2.24, 2.45) is 0 Å². The molecule has 0 unspecified atom stereocenters. The van der Waals surface area contributed by atoms with E-state index in [2.05, 4.69) is 50.9 Å². The molecule has 0 fully saturated rings. The van der Waals surface area contributed by atoms with E-state index in [4.69, 9.17) is 37.5 Å². The first kappa shape index (κ1) is 44.2. The van der Waals surface area contributed by atoms with Crippen molar-refractivity contribution in [3.63, 3.8) is 0 Å². The minimum atomic E-state index is -0.889. The molecule has 0 atom stereocenters.